The second kappa shape index (κ2) is 6.83. The fourth-order valence-electron chi connectivity index (χ4n) is 4.39. The van der Waals surface area contributed by atoms with E-state index in [2.05, 4.69) is 20.7 Å². The van der Waals surface area contributed by atoms with Crippen LogP contribution in [0.15, 0.2) is 6.20 Å². The first-order valence-electron chi connectivity index (χ1n) is 9.53. The number of carbonyl (C=O) groups is 1. The van der Waals surface area contributed by atoms with Crippen molar-refractivity contribution in [3.05, 3.63) is 28.8 Å². The number of carbonyl (C=O) groups excluding carboxylic acids is 1. The van der Waals surface area contributed by atoms with Crippen molar-refractivity contribution in [1.29, 1.82) is 0 Å². The Labute approximate surface area is 153 Å². The summed E-state index contributed by atoms with van der Waals surface area (Å²) in [6.07, 6.45) is 8.74. The minimum Gasteiger partial charge on any atom is -0.344 e. The Kier molecular flexibility index (Phi) is 4.52. The monoisotopic (exact) mass is 357 g/mol. The third-order valence-corrected chi connectivity index (χ3v) is 5.81. The van der Waals surface area contributed by atoms with Crippen LogP contribution in [0, 0.1) is 6.92 Å². The van der Waals surface area contributed by atoms with Crippen LogP contribution in [0.25, 0.3) is 0 Å². The lowest BCUT2D eigenvalue weighted by Gasteiger charge is -2.25. The number of hydrogen-bond donors (Lipinski definition) is 2. The quantitative estimate of drug-likeness (QED) is 0.868. The Morgan fingerprint density at radius 3 is 2.81 bits per heavy atom. The van der Waals surface area contributed by atoms with Gasteiger partial charge in [-0.2, -0.15) is 5.10 Å². The highest BCUT2D eigenvalue weighted by Crippen LogP contribution is 2.32. The molecule has 3 N–H and O–H groups in total. The lowest BCUT2D eigenvalue weighted by Crippen LogP contribution is -2.31. The number of nitrogens with one attached hydrogen (secondary N) is 1. The molecule has 0 radical (unpaired) electrons. The molecule has 26 heavy (non-hydrogen) atoms. The Morgan fingerprint density at radius 2 is 2.04 bits per heavy atom. The minimum atomic E-state index is -0.162. The van der Waals surface area contributed by atoms with Crippen LogP contribution < -0.4 is 11.1 Å². The number of aryl methyl sites for hydroxylation is 2. The molecule has 140 valence electrons. The van der Waals surface area contributed by atoms with Gasteiger partial charge in [0.2, 0.25) is 0 Å². The topological polar surface area (TPSA) is 104 Å². The third-order valence-electron chi connectivity index (χ3n) is 5.81. The van der Waals surface area contributed by atoms with E-state index in [0.717, 1.165) is 50.6 Å². The molecule has 8 nitrogen and oxygen atoms in total. The number of hydrogen-bond acceptors (Lipinski definition) is 5. The standard InChI is InChI=1S/C18H27N7O/c1-11-17-14(4-3-5-16(17)24(2)22-11)20-18(26)15-10-25(23-21-15)13-8-6-12(19)7-9-13/h10,12-14H,3-9,19H2,1-2H3,(H,20,26). The van der Waals surface area contributed by atoms with E-state index in [4.69, 9.17) is 5.73 Å². The van der Waals surface area contributed by atoms with Crippen molar-refractivity contribution in [3.63, 3.8) is 0 Å². The number of aromatic nitrogens is 5. The lowest BCUT2D eigenvalue weighted by molar-refractivity contribution is 0.0927. The number of fused-ring (bicyclic) bond motifs is 1. The van der Waals surface area contributed by atoms with Gasteiger partial charge in [0.05, 0.1) is 24.0 Å². The maximum atomic E-state index is 12.7. The van der Waals surface area contributed by atoms with E-state index in [0.29, 0.717) is 17.8 Å². The highest BCUT2D eigenvalue weighted by molar-refractivity contribution is 5.92. The Hall–Kier alpha value is -2.22. The summed E-state index contributed by atoms with van der Waals surface area (Å²) >= 11 is 0. The molecule has 2 heterocycles. The molecule has 2 aromatic rings. The van der Waals surface area contributed by atoms with E-state index in [-0.39, 0.29) is 11.9 Å². The van der Waals surface area contributed by atoms with Crippen LogP contribution >= 0.6 is 0 Å². The first-order valence-corrected chi connectivity index (χ1v) is 9.53. The first-order chi connectivity index (χ1) is 12.5. The maximum Gasteiger partial charge on any atom is 0.273 e. The van der Waals surface area contributed by atoms with Gasteiger partial charge in [0.25, 0.3) is 5.91 Å². The highest BCUT2D eigenvalue weighted by Gasteiger charge is 2.29. The van der Waals surface area contributed by atoms with E-state index in [1.54, 1.807) is 6.20 Å². The molecule has 1 fully saturated rings. The largest absolute Gasteiger partial charge is 0.344 e. The van der Waals surface area contributed by atoms with Gasteiger partial charge >= 0.3 is 0 Å². The van der Waals surface area contributed by atoms with Crippen LogP contribution in [0.2, 0.25) is 0 Å². The fourth-order valence-corrected chi connectivity index (χ4v) is 4.39. The lowest BCUT2D eigenvalue weighted by atomic mass is 9.91. The van der Waals surface area contributed by atoms with Crippen molar-refractivity contribution in [3.8, 4) is 0 Å². The van der Waals surface area contributed by atoms with Crippen molar-refractivity contribution in [2.45, 2.75) is 70.0 Å². The van der Waals surface area contributed by atoms with E-state index in [1.165, 1.54) is 11.3 Å². The van der Waals surface area contributed by atoms with Gasteiger partial charge in [-0.1, -0.05) is 5.21 Å². The molecule has 0 saturated heterocycles. The van der Waals surface area contributed by atoms with Crippen LogP contribution in [0.4, 0.5) is 0 Å². The SMILES string of the molecule is Cc1nn(C)c2c1C(NC(=O)c1cn(C3CCC(N)CC3)nn1)CCC2. The van der Waals surface area contributed by atoms with Gasteiger partial charge in [-0.25, -0.2) is 4.68 Å². The summed E-state index contributed by atoms with van der Waals surface area (Å²) in [5.41, 5.74) is 9.74. The van der Waals surface area contributed by atoms with E-state index >= 15 is 0 Å². The zero-order chi connectivity index (χ0) is 18.3. The molecule has 8 heteroatoms. The van der Waals surface area contributed by atoms with Gasteiger partial charge in [0, 0.05) is 24.3 Å². The molecule has 1 amide bonds. The van der Waals surface area contributed by atoms with Crippen molar-refractivity contribution in [2.24, 2.45) is 12.8 Å². The molecule has 1 atom stereocenters. The Morgan fingerprint density at radius 1 is 1.27 bits per heavy atom. The predicted octanol–water partition coefficient (Wildman–Crippen LogP) is 1.57. The summed E-state index contributed by atoms with van der Waals surface area (Å²) in [6.45, 7) is 2.01. The van der Waals surface area contributed by atoms with Crippen molar-refractivity contribution >= 4 is 5.91 Å². The molecule has 0 aromatic carbocycles. The second-order valence-corrected chi connectivity index (χ2v) is 7.64. The van der Waals surface area contributed by atoms with Crippen LogP contribution in [0.3, 0.4) is 0 Å². The molecule has 0 spiro atoms. The third kappa shape index (κ3) is 3.13. The van der Waals surface area contributed by atoms with Crippen LogP contribution in [-0.4, -0.2) is 36.7 Å². The molecule has 0 bridgehead atoms. The number of nitrogens with two attached hydrogens (primary N) is 1. The van der Waals surface area contributed by atoms with Crippen molar-refractivity contribution in [2.75, 3.05) is 0 Å². The summed E-state index contributed by atoms with van der Waals surface area (Å²) in [5, 5.41) is 16.0. The number of rotatable bonds is 3. The normalized spacial score (nSPS) is 25.7. The molecular weight excluding hydrogens is 330 g/mol. The molecule has 1 unspecified atom stereocenters. The molecule has 2 aliphatic carbocycles. The Balaban J connectivity index is 1.47. The summed E-state index contributed by atoms with van der Waals surface area (Å²) < 4.78 is 3.77. The number of nitrogens with zero attached hydrogens (tertiary/aromatic N) is 5. The number of amides is 1. The van der Waals surface area contributed by atoms with E-state index in [9.17, 15) is 4.79 Å². The maximum absolute atomic E-state index is 12.7. The van der Waals surface area contributed by atoms with Crippen molar-refractivity contribution in [1.82, 2.24) is 30.1 Å². The Bertz CT molecular complexity index is 801. The summed E-state index contributed by atoms with van der Waals surface area (Å²) in [7, 11) is 1.97. The van der Waals surface area contributed by atoms with Crippen LogP contribution in [-0.2, 0) is 13.5 Å². The fraction of sp³-hybridized carbons (Fsp3) is 0.667. The highest BCUT2D eigenvalue weighted by atomic mass is 16.2. The van der Waals surface area contributed by atoms with Gasteiger partial charge in [-0.3, -0.25) is 9.48 Å². The van der Waals surface area contributed by atoms with Crippen molar-refractivity contribution < 1.29 is 4.79 Å². The molecule has 2 aliphatic rings. The average molecular weight is 357 g/mol. The van der Waals surface area contributed by atoms with Gasteiger partial charge in [0.1, 0.15) is 0 Å². The molecule has 2 aromatic heterocycles. The molecule has 0 aliphatic heterocycles. The van der Waals surface area contributed by atoms with Gasteiger partial charge < -0.3 is 11.1 Å². The van der Waals surface area contributed by atoms with Crippen LogP contribution in [0.5, 0.6) is 0 Å². The summed E-state index contributed by atoms with van der Waals surface area (Å²) in [4.78, 5) is 12.7. The smallest absolute Gasteiger partial charge is 0.273 e. The zero-order valence-electron chi connectivity index (χ0n) is 15.5. The minimum absolute atomic E-state index is 0.00206. The second-order valence-electron chi connectivity index (χ2n) is 7.64. The van der Waals surface area contributed by atoms with Crippen LogP contribution in [0.1, 0.15) is 78.0 Å². The molecular formula is C18H27N7O. The summed E-state index contributed by atoms with van der Waals surface area (Å²) in [6, 6.07) is 0.587. The van der Waals surface area contributed by atoms with Gasteiger partial charge in [0.15, 0.2) is 5.69 Å². The van der Waals surface area contributed by atoms with E-state index < -0.39 is 0 Å². The van der Waals surface area contributed by atoms with E-state index in [1.807, 2.05) is 23.3 Å². The zero-order valence-corrected chi connectivity index (χ0v) is 15.5. The molecule has 1 saturated carbocycles. The van der Waals surface area contributed by atoms with Gasteiger partial charge in [-0.05, 0) is 51.9 Å². The van der Waals surface area contributed by atoms with Gasteiger partial charge in [-0.15, -0.1) is 5.10 Å². The first kappa shape index (κ1) is 17.2. The predicted molar refractivity (Wildman–Crippen MR) is 96.6 cm³/mol. The summed E-state index contributed by atoms with van der Waals surface area (Å²) in [5.74, 6) is -0.162. The average Bonchev–Trinajstić information content (AvgIpc) is 3.22. The molecule has 4 rings (SSSR count).